The molecule has 1 aliphatic heterocycles. The van der Waals surface area contributed by atoms with E-state index in [4.69, 9.17) is 9.15 Å². The van der Waals surface area contributed by atoms with Gasteiger partial charge in [-0.3, -0.25) is 14.9 Å². The van der Waals surface area contributed by atoms with Gasteiger partial charge in [-0.25, -0.2) is 9.18 Å². The molecule has 0 aliphatic carbocycles. The summed E-state index contributed by atoms with van der Waals surface area (Å²) in [4.78, 5) is 35.1. The number of halogens is 1. The van der Waals surface area contributed by atoms with E-state index in [0.717, 1.165) is 0 Å². The zero-order chi connectivity index (χ0) is 21.2. The van der Waals surface area contributed by atoms with E-state index in [0.29, 0.717) is 11.0 Å². The normalized spacial score (nSPS) is 16.8. The van der Waals surface area contributed by atoms with Crippen molar-refractivity contribution in [2.45, 2.75) is 45.1 Å². The van der Waals surface area contributed by atoms with Crippen LogP contribution in [0.2, 0.25) is 0 Å². The summed E-state index contributed by atoms with van der Waals surface area (Å²) in [6.45, 7) is 5.31. The van der Waals surface area contributed by atoms with Crippen LogP contribution in [0.1, 0.15) is 50.9 Å². The Morgan fingerprint density at radius 3 is 2.83 bits per heavy atom. The van der Waals surface area contributed by atoms with Crippen molar-refractivity contribution in [2.24, 2.45) is 0 Å². The number of nitrogens with one attached hydrogen (secondary N) is 2. The van der Waals surface area contributed by atoms with Crippen LogP contribution >= 0.6 is 0 Å². The van der Waals surface area contributed by atoms with E-state index in [1.54, 1.807) is 26.8 Å². The molecule has 8 heteroatoms. The lowest BCUT2D eigenvalue weighted by Crippen LogP contribution is -2.39. The highest BCUT2D eigenvalue weighted by Crippen LogP contribution is 2.34. The molecule has 1 aliphatic rings. The van der Waals surface area contributed by atoms with Crippen LogP contribution in [0.15, 0.2) is 22.6 Å². The van der Waals surface area contributed by atoms with E-state index in [1.807, 2.05) is 0 Å². The standard InChI is InChI=1S/C21H21FN2O5/c1-21(2,3)29-20(27)23-10-4-5-12-11-14-16(28-12)8-7-15(22)18(14)13-6-9-17(25)24-19(13)26/h7-8,11,13H,6,9-10H2,1-3H3,(H,23,27)(H,24,25,26). The monoisotopic (exact) mass is 400 g/mol. The Morgan fingerprint density at radius 2 is 2.14 bits per heavy atom. The lowest BCUT2D eigenvalue weighted by Gasteiger charge is -2.21. The predicted octanol–water partition coefficient (Wildman–Crippen LogP) is 2.97. The molecule has 1 aromatic heterocycles. The second kappa shape index (κ2) is 7.95. The molecule has 0 spiro atoms. The molecular formula is C21H21FN2O5. The maximum Gasteiger partial charge on any atom is 0.408 e. The van der Waals surface area contributed by atoms with Crippen LogP contribution in [0.25, 0.3) is 11.0 Å². The van der Waals surface area contributed by atoms with E-state index in [2.05, 4.69) is 22.5 Å². The molecule has 7 nitrogen and oxygen atoms in total. The number of carbonyl (C=O) groups excluding carboxylic acids is 3. The van der Waals surface area contributed by atoms with Gasteiger partial charge in [0.25, 0.3) is 0 Å². The minimum atomic E-state index is -0.774. The summed E-state index contributed by atoms with van der Waals surface area (Å²) in [7, 11) is 0. The molecule has 3 rings (SSSR count). The van der Waals surface area contributed by atoms with Gasteiger partial charge in [0.15, 0.2) is 5.76 Å². The minimum Gasteiger partial charge on any atom is -0.448 e. The number of furan rings is 1. The van der Waals surface area contributed by atoms with Gasteiger partial charge in [0.1, 0.15) is 17.0 Å². The molecule has 1 saturated heterocycles. The third kappa shape index (κ3) is 4.93. The third-order valence-corrected chi connectivity index (χ3v) is 4.21. The zero-order valence-electron chi connectivity index (χ0n) is 16.3. The summed E-state index contributed by atoms with van der Waals surface area (Å²) in [5, 5.41) is 5.18. The molecule has 3 amide bonds. The highest BCUT2D eigenvalue weighted by Gasteiger charge is 2.32. The van der Waals surface area contributed by atoms with E-state index < -0.39 is 29.3 Å². The first-order chi connectivity index (χ1) is 13.6. The van der Waals surface area contributed by atoms with E-state index in [-0.39, 0.29) is 36.6 Å². The highest BCUT2D eigenvalue weighted by atomic mass is 19.1. The fourth-order valence-corrected chi connectivity index (χ4v) is 3.05. The molecule has 2 heterocycles. The number of carbonyl (C=O) groups is 3. The molecule has 1 fully saturated rings. The number of alkyl carbamates (subject to hydrolysis) is 1. The van der Waals surface area contributed by atoms with Crippen molar-refractivity contribution in [3.8, 4) is 11.8 Å². The third-order valence-electron chi connectivity index (χ3n) is 4.21. The molecule has 1 unspecified atom stereocenters. The van der Waals surface area contributed by atoms with Crippen LogP contribution < -0.4 is 10.6 Å². The van der Waals surface area contributed by atoms with Gasteiger partial charge in [0.05, 0.1) is 12.5 Å². The van der Waals surface area contributed by atoms with Gasteiger partial charge in [-0.05, 0) is 45.2 Å². The van der Waals surface area contributed by atoms with Gasteiger partial charge >= 0.3 is 6.09 Å². The first-order valence-electron chi connectivity index (χ1n) is 9.15. The van der Waals surface area contributed by atoms with Crippen LogP contribution in [0, 0.1) is 17.7 Å². The number of amides is 3. The highest BCUT2D eigenvalue weighted by molar-refractivity contribution is 6.02. The molecular weight excluding hydrogens is 379 g/mol. The summed E-state index contributed by atoms with van der Waals surface area (Å²) in [5.41, 5.74) is -0.0288. The Balaban J connectivity index is 1.78. The number of imide groups is 1. The fraction of sp³-hybridized carbons (Fsp3) is 0.381. The summed E-state index contributed by atoms with van der Waals surface area (Å²) in [5.74, 6) is 3.55. The minimum absolute atomic E-state index is 0.0420. The predicted molar refractivity (Wildman–Crippen MR) is 102 cm³/mol. The molecule has 152 valence electrons. The summed E-state index contributed by atoms with van der Waals surface area (Å²) in [6, 6.07) is 4.24. The lowest BCUT2D eigenvalue weighted by molar-refractivity contribution is -0.134. The molecule has 2 aromatic rings. The maximum absolute atomic E-state index is 14.5. The largest absolute Gasteiger partial charge is 0.448 e. The summed E-state index contributed by atoms with van der Waals surface area (Å²) < 4.78 is 25.2. The Hall–Kier alpha value is -3.34. The van der Waals surface area contributed by atoms with Gasteiger partial charge < -0.3 is 14.5 Å². The van der Waals surface area contributed by atoms with E-state index >= 15 is 0 Å². The van der Waals surface area contributed by atoms with Crippen LogP contribution in [0.5, 0.6) is 0 Å². The number of fused-ring (bicyclic) bond motifs is 1. The van der Waals surface area contributed by atoms with E-state index in [1.165, 1.54) is 12.1 Å². The van der Waals surface area contributed by atoms with Crippen LogP contribution in [-0.4, -0.2) is 30.1 Å². The zero-order valence-corrected chi connectivity index (χ0v) is 16.3. The van der Waals surface area contributed by atoms with Crippen molar-refractivity contribution in [1.29, 1.82) is 0 Å². The van der Waals surface area contributed by atoms with Gasteiger partial charge in [-0.2, -0.15) is 0 Å². The van der Waals surface area contributed by atoms with Crippen molar-refractivity contribution in [2.75, 3.05) is 6.54 Å². The molecule has 1 atom stereocenters. The summed E-state index contributed by atoms with van der Waals surface area (Å²) >= 11 is 0. The first-order valence-corrected chi connectivity index (χ1v) is 9.15. The Bertz CT molecular complexity index is 1040. The summed E-state index contributed by atoms with van der Waals surface area (Å²) in [6.07, 6.45) is -0.210. The van der Waals surface area contributed by atoms with Gasteiger partial charge in [-0.15, -0.1) is 0 Å². The Kier molecular flexibility index (Phi) is 5.59. The topological polar surface area (TPSA) is 97.6 Å². The first kappa shape index (κ1) is 20.4. The number of hydrogen-bond donors (Lipinski definition) is 2. The number of benzene rings is 1. The van der Waals surface area contributed by atoms with E-state index in [9.17, 15) is 18.8 Å². The van der Waals surface area contributed by atoms with Gasteiger partial charge in [0.2, 0.25) is 11.8 Å². The lowest BCUT2D eigenvalue weighted by atomic mass is 9.88. The fourth-order valence-electron chi connectivity index (χ4n) is 3.05. The Labute approximate surface area is 167 Å². The van der Waals surface area contributed by atoms with Crippen LogP contribution in [0.4, 0.5) is 9.18 Å². The van der Waals surface area contributed by atoms with Crippen molar-refractivity contribution >= 4 is 28.9 Å². The number of hydrogen-bond acceptors (Lipinski definition) is 5. The smallest absolute Gasteiger partial charge is 0.408 e. The number of ether oxygens (including phenoxy) is 1. The molecule has 0 bridgehead atoms. The van der Waals surface area contributed by atoms with Crippen molar-refractivity contribution < 1.29 is 27.9 Å². The second-order valence-electron chi connectivity index (χ2n) is 7.64. The molecule has 2 N–H and O–H groups in total. The van der Waals surface area contributed by atoms with Crippen molar-refractivity contribution in [1.82, 2.24) is 10.6 Å². The van der Waals surface area contributed by atoms with Crippen molar-refractivity contribution in [3.05, 3.63) is 35.3 Å². The van der Waals surface area contributed by atoms with Crippen LogP contribution in [0.3, 0.4) is 0 Å². The molecule has 1 aromatic carbocycles. The SMILES string of the molecule is CC(C)(C)OC(=O)NCC#Cc1cc2c(C3CCC(=O)NC3=O)c(F)ccc2o1. The van der Waals surface area contributed by atoms with Gasteiger partial charge in [0, 0.05) is 23.4 Å². The quantitative estimate of drug-likeness (QED) is 0.597. The second-order valence-corrected chi connectivity index (χ2v) is 7.64. The maximum atomic E-state index is 14.5. The molecule has 0 radical (unpaired) electrons. The number of piperidine rings is 1. The average Bonchev–Trinajstić information content (AvgIpc) is 3.01. The number of rotatable bonds is 2. The van der Waals surface area contributed by atoms with Gasteiger partial charge in [-0.1, -0.05) is 5.92 Å². The van der Waals surface area contributed by atoms with Crippen molar-refractivity contribution in [3.63, 3.8) is 0 Å². The molecule has 0 saturated carbocycles. The Morgan fingerprint density at radius 1 is 1.38 bits per heavy atom. The average molecular weight is 400 g/mol. The van der Waals surface area contributed by atoms with Crippen LogP contribution in [-0.2, 0) is 14.3 Å². The molecule has 29 heavy (non-hydrogen) atoms.